The van der Waals surface area contributed by atoms with Crippen molar-refractivity contribution in [1.29, 1.82) is 0 Å². The van der Waals surface area contributed by atoms with E-state index in [-0.39, 0.29) is 18.2 Å². The lowest BCUT2D eigenvalue weighted by Gasteiger charge is -2.31. The number of benzene rings is 2. The lowest BCUT2D eigenvalue weighted by atomic mass is 10.0. The van der Waals surface area contributed by atoms with Gasteiger partial charge in [-0.25, -0.2) is 0 Å². The Kier molecular flexibility index (Phi) is 8.83. The molecule has 2 aromatic carbocycles. The van der Waals surface area contributed by atoms with E-state index in [4.69, 9.17) is 9.47 Å². The first-order valence-corrected chi connectivity index (χ1v) is 11.3. The molecule has 0 bridgehead atoms. The van der Waals surface area contributed by atoms with Crippen molar-refractivity contribution in [3.8, 4) is 5.75 Å². The first kappa shape index (κ1) is 23.5. The van der Waals surface area contributed by atoms with E-state index in [9.17, 15) is 9.59 Å². The van der Waals surface area contributed by atoms with E-state index in [1.807, 2.05) is 72.1 Å². The van der Waals surface area contributed by atoms with Crippen molar-refractivity contribution in [3.63, 3.8) is 0 Å². The van der Waals surface area contributed by atoms with Crippen molar-refractivity contribution in [1.82, 2.24) is 10.2 Å². The van der Waals surface area contributed by atoms with Gasteiger partial charge in [0.2, 0.25) is 11.8 Å². The Morgan fingerprint density at radius 1 is 1.00 bits per heavy atom. The van der Waals surface area contributed by atoms with E-state index in [2.05, 4.69) is 5.32 Å². The van der Waals surface area contributed by atoms with Gasteiger partial charge in [-0.2, -0.15) is 0 Å². The summed E-state index contributed by atoms with van der Waals surface area (Å²) < 4.78 is 10.4. The molecule has 168 valence electrons. The molecule has 6 nitrogen and oxygen atoms in total. The normalized spacial score (nSPS) is 11.6. The van der Waals surface area contributed by atoms with Crippen LogP contribution in [0.25, 0.3) is 0 Å². The molecule has 0 saturated heterocycles. The van der Waals surface area contributed by atoms with Crippen LogP contribution in [0.1, 0.15) is 22.0 Å². The zero-order valence-corrected chi connectivity index (χ0v) is 19.1. The van der Waals surface area contributed by atoms with Gasteiger partial charge in [0.1, 0.15) is 11.8 Å². The summed E-state index contributed by atoms with van der Waals surface area (Å²) in [7, 11) is 3.20. The van der Waals surface area contributed by atoms with Gasteiger partial charge in [-0.15, -0.1) is 11.3 Å². The minimum atomic E-state index is -0.753. The van der Waals surface area contributed by atoms with Gasteiger partial charge in [0.15, 0.2) is 0 Å². The van der Waals surface area contributed by atoms with Crippen molar-refractivity contribution in [2.45, 2.75) is 19.0 Å². The lowest BCUT2D eigenvalue weighted by molar-refractivity contribution is -0.141. The topological polar surface area (TPSA) is 67.9 Å². The minimum Gasteiger partial charge on any atom is -0.497 e. The largest absolute Gasteiger partial charge is 0.497 e. The van der Waals surface area contributed by atoms with E-state index in [0.29, 0.717) is 19.7 Å². The molecule has 1 unspecified atom stereocenters. The molecule has 32 heavy (non-hydrogen) atoms. The molecule has 1 aromatic heterocycles. The van der Waals surface area contributed by atoms with E-state index in [0.717, 1.165) is 21.8 Å². The van der Waals surface area contributed by atoms with Gasteiger partial charge < -0.3 is 19.7 Å². The molecule has 0 radical (unpaired) electrons. The smallest absolute Gasteiger partial charge is 0.247 e. The van der Waals surface area contributed by atoms with Crippen molar-refractivity contribution >= 4 is 23.2 Å². The molecule has 0 aliphatic carbocycles. The van der Waals surface area contributed by atoms with Crippen molar-refractivity contribution < 1.29 is 19.1 Å². The molecule has 0 spiro atoms. The Hall–Kier alpha value is -3.16. The maximum absolute atomic E-state index is 13.4. The summed E-state index contributed by atoms with van der Waals surface area (Å²) in [6, 6.07) is 20.0. The molecule has 0 fully saturated rings. The van der Waals surface area contributed by atoms with Gasteiger partial charge in [-0.1, -0.05) is 48.5 Å². The molecule has 0 saturated carbocycles. The molecule has 0 aliphatic rings. The van der Waals surface area contributed by atoms with Gasteiger partial charge in [0, 0.05) is 25.1 Å². The first-order valence-electron chi connectivity index (χ1n) is 10.4. The molecule has 2 amide bonds. The Morgan fingerprint density at radius 2 is 1.75 bits per heavy atom. The second-order valence-electron chi connectivity index (χ2n) is 7.22. The Labute approximate surface area is 192 Å². The number of ether oxygens (including phenoxy) is 2. The van der Waals surface area contributed by atoms with Crippen LogP contribution in [0.5, 0.6) is 5.75 Å². The molecule has 3 rings (SSSR count). The predicted molar refractivity (Wildman–Crippen MR) is 126 cm³/mol. The van der Waals surface area contributed by atoms with Crippen LogP contribution in [-0.2, 0) is 27.3 Å². The van der Waals surface area contributed by atoms with Crippen LogP contribution in [-0.4, -0.2) is 44.1 Å². The van der Waals surface area contributed by atoms with Gasteiger partial charge >= 0.3 is 0 Å². The zero-order valence-electron chi connectivity index (χ0n) is 18.3. The summed E-state index contributed by atoms with van der Waals surface area (Å²) in [5.74, 6) is 0.410. The number of nitrogens with one attached hydrogen (secondary N) is 1. The first-order chi connectivity index (χ1) is 15.6. The number of methoxy groups -OCH3 is 2. The molecular formula is C25H28N2O4S. The van der Waals surface area contributed by atoms with E-state index < -0.39 is 6.04 Å². The quantitative estimate of drug-likeness (QED) is 0.480. The molecule has 1 heterocycles. The highest BCUT2D eigenvalue weighted by Crippen LogP contribution is 2.23. The fraction of sp³-hybridized carbons (Fsp3) is 0.280. The number of carbonyl (C=O) groups excluding carboxylic acids is 2. The van der Waals surface area contributed by atoms with Crippen LogP contribution in [0.3, 0.4) is 0 Å². The van der Waals surface area contributed by atoms with Crippen LogP contribution in [0.4, 0.5) is 0 Å². The molecule has 1 N–H and O–H groups in total. The van der Waals surface area contributed by atoms with Gasteiger partial charge in [-0.3, -0.25) is 9.59 Å². The van der Waals surface area contributed by atoms with E-state index >= 15 is 0 Å². The summed E-state index contributed by atoms with van der Waals surface area (Å²) in [6.45, 7) is 1.00. The third kappa shape index (κ3) is 6.42. The number of amides is 2. The van der Waals surface area contributed by atoms with Crippen LogP contribution in [0.15, 0.2) is 72.1 Å². The summed E-state index contributed by atoms with van der Waals surface area (Å²) in [4.78, 5) is 29.2. The van der Waals surface area contributed by atoms with Gasteiger partial charge in [-0.05, 0) is 34.7 Å². The fourth-order valence-electron chi connectivity index (χ4n) is 3.39. The number of thiophene rings is 1. The third-order valence-corrected chi connectivity index (χ3v) is 5.94. The van der Waals surface area contributed by atoms with Crippen molar-refractivity contribution in [2.24, 2.45) is 0 Å². The Balaban J connectivity index is 1.82. The number of hydrogen-bond acceptors (Lipinski definition) is 5. The summed E-state index contributed by atoms with van der Waals surface area (Å²) in [6.07, 6.45) is 0.247. The number of nitrogens with zero attached hydrogens (tertiary/aromatic N) is 1. The van der Waals surface area contributed by atoms with Crippen LogP contribution >= 0.6 is 11.3 Å². The third-order valence-electron chi connectivity index (χ3n) is 5.06. The molecule has 7 heteroatoms. The van der Waals surface area contributed by atoms with Gasteiger partial charge in [0.05, 0.1) is 20.1 Å². The van der Waals surface area contributed by atoms with Gasteiger partial charge in [0.25, 0.3) is 0 Å². The van der Waals surface area contributed by atoms with Crippen LogP contribution < -0.4 is 10.1 Å². The molecular weight excluding hydrogens is 424 g/mol. The number of carbonyl (C=O) groups is 2. The number of rotatable bonds is 11. The lowest BCUT2D eigenvalue weighted by Crippen LogP contribution is -2.45. The summed E-state index contributed by atoms with van der Waals surface area (Å²) in [5.41, 5.74) is 1.70. The molecule has 1 atom stereocenters. The Bertz CT molecular complexity index is 975. The predicted octanol–water partition coefficient (Wildman–Crippen LogP) is 3.83. The van der Waals surface area contributed by atoms with Crippen LogP contribution in [0.2, 0.25) is 0 Å². The highest BCUT2D eigenvalue weighted by Gasteiger charge is 2.31. The highest BCUT2D eigenvalue weighted by molar-refractivity contribution is 7.10. The van der Waals surface area contributed by atoms with Crippen LogP contribution in [0, 0.1) is 0 Å². The second-order valence-corrected chi connectivity index (χ2v) is 8.25. The van der Waals surface area contributed by atoms with E-state index in [1.54, 1.807) is 19.1 Å². The SMILES string of the molecule is COCCN(C(=O)Cc1cccs1)C(C(=O)NCc1ccc(OC)cc1)c1ccccc1. The van der Waals surface area contributed by atoms with Crippen molar-refractivity contribution in [2.75, 3.05) is 27.4 Å². The monoisotopic (exact) mass is 452 g/mol. The second kappa shape index (κ2) is 12.0. The average molecular weight is 453 g/mol. The maximum atomic E-state index is 13.4. The van der Waals surface area contributed by atoms with E-state index in [1.165, 1.54) is 11.3 Å². The standard InChI is InChI=1S/C25H28N2O4S/c1-30-15-14-27(23(28)17-22-9-6-16-32-22)24(20-7-4-3-5-8-20)25(29)26-18-19-10-12-21(31-2)13-11-19/h3-13,16,24H,14-15,17-18H2,1-2H3,(H,26,29). The average Bonchev–Trinajstić information content (AvgIpc) is 3.34. The molecule has 3 aromatic rings. The minimum absolute atomic E-state index is 0.113. The summed E-state index contributed by atoms with van der Waals surface area (Å²) >= 11 is 1.53. The summed E-state index contributed by atoms with van der Waals surface area (Å²) in [5, 5.41) is 4.94. The Morgan fingerprint density at radius 3 is 2.38 bits per heavy atom. The fourth-order valence-corrected chi connectivity index (χ4v) is 4.08. The number of hydrogen-bond donors (Lipinski definition) is 1. The maximum Gasteiger partial charge on any atom is 0.247 e. The van der Waals surface area contributed by atoms with Crippen molar-refractivity contribution in [3.05, 3.63) is 88.1 Å². The molecule has 0 aliphatic heterocycles. The zero-order chi connectivity index (χ0) is 22.8. The highest BCUT2D eigenvalue weighted by atomic mass is 32.1.